The lowest BCUT2D eigenvalue weighted by atomic mass is 10.2. The number of hydrogen-bond donors (Lipinski definition) is 1. The molecular formula is C21H30N4O3S2. The van der Waals surface area contributed by atoms with Gasteiger partial charge in [-0.2, -0.15) is 4.31 Å². The largest absolute Gasteiger partial charge is 0.370 e. The minimum Gasteiger partial charge on any atom is -0.370 e. The van der Waals surface area contributed by atoms with Crippen LogP contribution >= 0.6 is 11.3 Å². The summed E-state index contributed by atoms with van der Waals surface area (Å²) < 4.78 is 27.8. The number of thiazole rings is 1. The van der Waals surface area contributed by atoms with Gasteiger partial charge in [-0.1, -0.05) is 6.42 Å². The quantitative estimate of drug-likeness (QED) is 0.664. The fourth-order valence-electron chi connectivity index (χ4n) is 3.72. The number of nitrogens with zero attached hydrogens (tertiary/aromatic N) is 3. The summed E-state index contributed by atoms with van der Waals surface area (Å²) in [5.41, 5.74) is 2.06. The van der Waals surface area contributed by atoms with Crippen molar-refractivity contribution >= 4 is 38.6 Å². The van der Waals surface area contributed by atoms with E-state index in [1.54, 1.807) is 22.5 Å². The molecule has 30 heavy (non-hydrogen) atoms. The molecule has 0 unspecified atom stereocenters. The Labute approximate surface area is 183 Å². The molecule has 1 aliphatic heterocycles. The first-order valence-electron chi connectivity index (χ1n) is 10.4. The van der Waals surface area contributed by atoms with Gasteiger partial charge in [0.2, 0.25) is 15.9 Å². The second kappa shape index (κ2) is 9.89. The predicted octanol–water partition coefficient (Wildman–Crippen LogP) is 3.65. The molecule has 1 saturated heterocycles. The van der Waals surface area contributed by atoms with Crippen LogP contribution in [0.3, 0.4) is 0 Å². The van der Waals surface area contributed by atoms with E-state index in [0.717, 1.165) is 48.7 Å². The number of carbonyl (C=O) groups is 1. The summed E-state index contributed by atoms with van der Waals surface area (Å²) in [6.45, 7) is 8.57. The van der Waals surface area contributed by atoms with Crippen LogP contribution in [0.5, 0.6) is 0 Å². The van der Waals surface area contributed by atoms with Crippen LogP contribution < -0.4 is 10.2 Å². The number of anilines is 2. The van der Waals surface area contributed by atoms with Crippen molar-refractivity contribution in [2.75, 3.05) is 36.4 Å². The maximum Gasteiger partial charge on any atom is 0.243 e. The Bertz CT molecular complexity index is 978. The zero-order chi connectivity index (χ0) is 21.7. The third kappa shape index (κ3) is 5.19. The van der Waals surface area contributed by atoms with Gasteiger partial charge in [0.15, 0.2) is 0 Å². The number of hydrogen-bond acceptors (Lipinski definition) is 6. The van der Waals surface area contributed by atoms with E-state index < -0.39 is 10.0 Å². The number of benzene rings is 1. The normalized spacial score (nSPS) is 15.2. The van der Waals surface area contributed by atoms with Gasteiger partial charge in [0.05, 0.1) is 33.4 Å². The van der Waals surface area contributed by atoms with Gasteiger partial charge in [-0.25, -0.2) is 13.4 Å². The van der Waals surface area contributed by atoms with Crippen molar-refractivity contribution in [3.8, 4) is 0 Å². The van der Waals surface area contributed by atoms with Gasteiger partial charge in [-0.05, 0) is 51.8 Å². The van der Waals surface area contributed by atoms with Crippen LogP contribution in [-0.4, -0.2) is 49.8 Å². The van der Waals surface area contributed by atoms with E-state index in [0.29, 0.717) is 18.8 Å². The van der Waals surface area contributed by atoms with Gasteiger partial charge >= 0.3 is 0 Å². The number of sulfonamides is 1. The average Bonchev–Trinajstić information content (AvgIpc) is 3.14. The molecule has 3 rings (SSSR count). The van der Waals surface area contributed by atoms with E-state index in [1.165, 1.54) is 11.3 Å². The third-order valence-electron chi connectivity index (χ3n) is 5.31. The highest BCUT2D eigenvalue weighted by Crippen LogP contribution is 2.31. The summed E-state index contributed by atoms with van der Waals surface area (Å²) in [6, 6.07) is 5.05. The molecule has 7 nitrogen and oxygen atoms in total. The Morgan fingerprint density at radius 3 is 2.50 bits per heavy atom. The Morgan fingerprint density at radius 1 is 1.20 bits per heavy atom. The molecule has 2 aromatic rings. The second-order valence-electron chi connectivity index (χ2n) is 7.40. The zero-order valence-corrected chi connectivity index (χ0v) is 19.5. The highest BCUT2D eigenvalue weighted by atomic mass is 32.2. The van der Waals surface area contributed by atoms with E-state index in [2.05, 4.69) is 15.2 Å². The lowest BCUT2D eigenvalue weighted by molar-refractivity contribution is -0.115. The van der Waals surface area contributed by atoms with Crippen LogP contribution in [0, 0.1) is 6.92 Å². The zero-order valence-electron chi connectivity index (χ0n) is 17.8. The van der Waals surface area contributed by atoms with E-state index >= 15 is 0 Å². The van der Waals surface area contributed by atoms with E-state index in [-0.39, 0.29) is 17.2 Å². The Balaban J connectivity index is 1.91. The highest BCUT2D eigenvalue weighted by molar-refractivity contribution is 7.89. The van der Waals surface area contributed by atoms with Crippen molar-refractivity contribution in [2.24, 2.45) is 0 Å². The van der Waals surface area contributed by atoms with Crippen molar-refractivity contribution in [2.45, 2.75) is 51.3 Å². The topological polar surface area (TPSA) is 82.6 Å². The SMILES string of the molecule is CCN(CC)c1ccc(S(=O)(=O)N2CCCCC2)cc1NC(=O)Cc1csc(C)n1. The Kier molecular flexibility index (Phi) is 7.49. The summed E-state index contributed by atoms with van der Waals surface area (Å²) in [4.78, 5) is 19.3. The van der Waals surface area contributed by atoms with Crippen LogP contribution in [-0.2, 0) is 21.2 Å². The standard InChI is InChI=1S/C21H30N4O3S2/c1-4-24(5-2)20-10-9-18(30(27,28)25-11-7-6-8-12-25)14-19(20)23-21(26)13-17-15-29-16(3)22-17/h9-10,14-15H,4-8,11-13H2,1-3H3,(H,23,26). The average molecular weight is 451 g/mol. The number of aryl methyl sites for hydroxylation is 1. The molecule has 0 spiro atoms. The number of nitrogens with one attached hydrogen (secondary N) is 1. The molecule has 1 aliphatic rings. The van der Waals surface area contributed by atoms with Crippen molar-refractivity contribution in [1.82, 2.24) is 9.29 Å². The smallest absolute Gasteiger partial charge is 0.243 e. The van der Waals surface area contributed by atoms with Crippen LogP contribution in [0.1, 0.15) is 43.8 Å². The predicted molar refractivity (Wildman–Crippen MR) is 122 cm³/mol. The summed E-state index contributed by atoms with van der Waals surface area (Å²) in [7, 11) is -3.58. The first kappa shape index (κ1) is 22.7. The van der Waals surface area contributed by atoms with E-state index in [4.69, 9.17) is 0 Å². The number of amides is 1. The van der Waals surface area contributed by atoms with Crippen LogP contribution in [0.15, 0.2) is 28.5 Å². The Morgan fingerprint density at radius 2 is 1.90 bits per heavy atom. The van der Waals surface area contributed by atoms with Crippen molar-refractivity contribution in [3.63, 3.8) is 0 Å². The first-order valence-corrected chi connectivity index (χ1v) is 12.8. The number of rotatable bonds is 8. The van der Waals surface area contributed by atoms with Crippen LogP contribution in [0.25, 0.3) is 0 Å². The second-order valence-corrected chi connectivity index (χ2v) is 10.4. The first-order chi connectivity index (χ1) is 14.3. The molecule has 1 fully saturated rings. The molecule has 1 amide bonds. The van der Waals surface area contributed by atoms with Crippen molar-refractivity contribution in [1.29, 1.82) is 0 Å². The van der Waals surface area contributed by atoms with Gasteiger partial charge in [0.1, 0.15) is 0 Å². The van der Waals surface area contributed by atoms with E-state index in [1.807, 2.05) is 26.2 Å². The highest BCUT2D eigenvalue weighted by Gasteiger charge is 2.27. The maximum atomic E-state index is 13.1. The molecule has 9 heteroatoms. The molecule has 0 atom stereocenters. The van der Waals surface area contributed by atoms with E-state index in [9.17, 15) is 13.2 Å². The van der Waals surface area contributed by atoms with Gasteiger partial charge in [-0.15, -0.1) is 11.3 Å². The molecular weight excluding hydrogens is 420 g/mol. The lowest BCUT2D eigenvalue weighted by Crippen LogP contribution is -2.35. The molecule has 2 heterocycles. The Hall–Kier alpha value is -1.97. The van der Waals surface area contributed by atoms with Crippen molar-refractivity contribution < 1.29 is 13.2 Å². The molecule has 0 saturated carbocycles. The minimum atomic E-state index is -3.58. The van der Waals surface area contributed by atoms with Gasteiger partial charge in [0, 0.05) is 31.6 Å². The fraction of sp³-hybridized carbons (Fsp3) is 0.524. The third-order valence-corrected chi connectivity index (χ3v) is 8.02. The molecule has 164 valence electrons. The summed E-state index contributed by atoms with van der Waals surface area (Å²) in [6.07, 6.45) is 2.98. The minimum absolute atomic E-state index is 0.158. The molecule has 1 N–H and O–H groups in total. The van der Waals surface area contributed by atoms with Crippen molar-refractivity contribution in [3.05, 3.63) is 34.3 Å². The molecule has 0 aliphatic carbocycles. The van der Waals surface area contributed by atoms with Crippen LogP contribution in [0.2, 0.25) is 0 Å². The fourth-order valence-corrected chi connectivity index (χ4v) is 5.87. The summed E-state index contributed by atoms with van der Waals surface area (Å²) in [5, 5.41) is 5.72. The number of carbonyl (C=O) groups excluding carboxylic acids is 1. The molecule has 0 bridgehead atoms. The van der Waals surface area contributed by atoms with Crippen LogP contribution in [0.4, 0.5) is 11.4 Å². The summed E-state index contributed by atoms with van der Waals surface area (Å²) >= 11 is 1.51. The molecule has 1 aromatic heterocycles. The van der Waals surface area contributed by atoms with Gasteiger partial charge < -0.3 is 10.2 Å². The van der Waals surface area contributed by atoms with Gasteiger partial charge in [0.25, 0.3) is 0 Å². The lowest BCUT2D eigenvalue weighted by Gasteiger charge is -2.28. The molecule has 0 radical (unpaired) electrons. The summed E-state index contributed by atoms with van der Waals surface area (Å²) in [5.74, 6) is -0.207. The monoisotopic (exact) mass is 450 g/mol. The maximum absolute atomic E-state index is 13.1. The van der Waals surface area contributed by atoms with Gasteiger partial charge in [-0.3, -0.25) is 4.79 Å². The molecule has 1 aromatic carbocycles. The number of piperidine rings is 1. The number of aromatic nitrogens is 1.